The molecule has 0 amide bonds. The summed E-state index contributed by atoms with van der Waals surface area (Å²) in [6.07, 6.45) is -4.39. The van der Waals surface area contributed by atoms with Crippen molar-refractivity contribution in [2.24, 2.45) is 4.99 Å². The van der Waals surface area contributed by atoms with Crippen LogP contribution in [0.4, 0.5) is 17.6 Å². The molecule has 2 aromatic rings. The molecule has 0 aliphatic heterocycles. The molecule has 0 atom stereocenters. The van der Waals surface area contributed by atoms with Crippen LogP contribution in [0, 0.1) is 17.7 Å². The van der Waals surface area contributed by atoms with Gasteiger partial charge in [0.25, 0.3) is 0 Å². The van der Waals surface area contributed by atoms with Crippen LogP contribution in [0.15, 0.2) is 53.5 Å². The van der Waals surface area contributed by atoms with Gasteiger partial charge in [-0.25, -0.2) is 4.39 Å². The van der Waals surface area contributed by atoms with E-state index in [1.807, 2.05) is 0 Å². The first-order valence-electron chi connectivity index (χ1n) is 7.73. The maximum absolute atomic E-state index is 12.9. The number of benzene rings is 2. The zero-order valence-corrected chi connectivity index (χ0v) is 16.7. The highest BCUT2D eigenvalue weighted by molar-refractivity contribution is 14.0. The molecular weight excluding hydrogens is 473 g/mol. The topological polar surface area (TPSA) is 36.4 Å². The molecule has 0 saturated carbocycles. The fourth-order valence-corrected chi connectivity index (χ4v) is 2.06. The third kappa shape index (κ3) is 7.86. The van der Waals surface area contributed by atoms with Gasteiger partial charge in [-0.05, 0) is 35.9 Å². The molecule has 0 heterocycles. The number of guanidine groups is 1. The van der Waals surface area contributed by atoms with Gasteiger partial charge < -0.3 is 10.6 Å². The van der Waals surface area contributed by atoms with Crippen molar-refractivity contribution in [3.05, 3.63) is 71.0 Å². The first-order chi connectivity index (χ1) is 12.4. The van der Waals surface area contributed by atoms with Gasteiger partial charge in [-0.1, -0.05) is 30.0 Å². The molecule has 2 aromatic carbocycles. The van der Waals surface area contributed by atoms with E-state index in [1.54, 1.807) is 19.2 Å². The van der Waals surface area contributed by atoms with Crippen LogP contribution in [0.5, 0.6) is 0 Å². The van der Waals surface area contributed by atoms with Crippen LogP contribution in [0.25, 0.3) is 0 Å². The van der Waals surface area contributed by atoms with Gasteiger partial charge in [0.05, 0.1) is 12.1 Å². The Labute approximate surface area is 172 Å². The summed E-state index contributed by atoms with van der Waals surface area (Å²) in [5.74, 6) is 5.61. The molecule has 144 valence electrons. The number of halogens is 5. The monoisotopic (exact) mass is 491 g/mol. The van der Waals surface area contributed by atoms with Crippen LogP contribution in [0.1, 0.15) is 16.7 Å². The van der Waals surface area contributed by atoms with Crippen molar-refractivity contribution >= 4 is 29.9 Å². The summed E-state index contributed by atoms with van der Waals surface area (Å²) < 4.78 is 50.8. The Balaban J connectivity index is 0.00000364. The van der Waals surface area contributed by atoms with Crippen LogP contribution in [0.2, 0.25) is 0 Å². The lowest BCUT2D eigenvalue weighted by atomic mass is 10.1. The van der Waals surface area contributed by atoms with Crippen molar-refractivity contribution in [1.82, 2.24) is 10.6 Å². The molecule has 3 nitrogen and oxygen atoms in total. The van der Waals surface area contributed by atoms with Gasteiger partial charge in [0.1, 0.15) is 5.82 Å². The van der Waals surface area contributed by atoms with Crippen LogP contribution >= 0.6 is 24.0 Å². The van der Waals surface area contributed by atoms with Gasteiger partial charge in [-0.3, -0.25) is 4.99 Å². The van der Waals surface area contributed by atoms with E-state index < -0.39 is 11.7 Å². The van der Waals surface area contributed by atoms with Gasteiger partial charge in [-0.15, -0.1) is 24.0 Å². The van der Waals surface area contributed by atoms with Crippen molar-refractivity contribution in [3.8, 4) is 11.8 Å². The molecule has 0 saturated heterocycles. The van der Waals surface area contributed by atoms with E-state index in [-0.39, 0.29) is 41.9 Å². The molecule has 0 fully saturated rings. The number of hydrogen-bond donors (Lipinski definition) is 2. The second kappa shape index (κ2) is 10.8. The summed E-state index contributed by atoms with van der Waals surface area (Å²) in [6.45, 7) is 0.653. The maximum atomic E-state index is 12.9. The molecular formula is C19H18F4IN3. The molecule has 0 unspecified atom stereocenters. The lowest BCUT2D eigenvalue weighted by Crippen LogP contribution is -2.36. The minimum atomic E-state index is -4.39. The third-order valence-electron chi connectivity index (χ3n) is 3.36. The van der Waals surface area contributed by atoms with Gasteiger partial charge in [0.2, 0.25) is 0 Å². The van der Waals surface area contributed by atoms with E-state index >= 15 is 0 Å². The van der Waals surface area contributed by atoms with Crippen molar-refractivity contribution in [1.29, 1.82) is 0 Å². The Morgan fingerprint density at radius 3 is 2.41 bits per heavy atom. The highest BCUT2D eigenvalue weighted by Crippen LogP contribution is 2.29. The summed E-state index contributed by atoms with van der Waals surface area (Å²) in [5.41, 5.74) is 0.439. The fraction of sp³-hybridized carbons (Fsp3) is 0.211. The predicted octanol–water partition coefficient (Wildman–Crippen LogP) is 4.18. The molecule has 0 aromatic heterocycles. The summed E-state index contributed by atoms with van der Waals surface area (Å²) in [7, 11) is 1.58. The summed E-state index contributed by atoms with van der Waals surface area (Å²) in [4.78, 5) is 4.02. The molecule has 0 radical (unpaired) electrons. The summed E-state index contributed by atoms with van der Waals surface area (Å²) in [5, 5.41) is 5.97. The Kier molecular flexibility index (Phi) is 9.08. The van der Waals surface area contributed by atoms with Crippen LogP contribution < -0.4 is 10.6 Å². The SMILES string of the molecule is CN=C(NCC#Cc1cccc(C(F)(F)F)c1)NCc1ccc(F)cc1.I. The average molecular weight is 491 g/mol. The minimum Gasteiger partial charge on any atom is -0.352 e. The third-order valence-corrected chi connectivity index (χ3v) is 3.36. The van der Waals surface area contributed by atoms with Crippen molar-refractivity contribution < 1.29 is 17.6 Å². The maximum Gasteiger partial charge on any atom is 0.416 e. The highest BCUT2D eigenvalue weighted by Gasteiger charge is 2.30. The number of hydrogen-bond acceptors (Lipinski definition) is 1. The standard InChI is InChI=1S/C19H17F4N3.HI/c1-24-18(26-13-15-7-9-17(20)10-8-15)25-11-3-5-14-4-2-6-16(12-14)19(21,22)23;/h2,4,6-10,12H,11,13H2,1H3,(H2,24,25,26);1H. The second-order valence-electron chi connectivity index (χ2n) is 5.29. The lowest BCUT2D eigenvalue weighted by molar-refractivity contribution is -0.137. The van der Waals surface area contributed by atoms with E-state index in [1.165, 1.54) is 24.3 Å². The van der Waals surface area contributed by atoms with Crippen molar-refractivity contribution in [2.75, 3.05) is 13.6 Å². The number of alkyl halides is 3. The average Bonchev–Trinajstić information content (AvgIpc) is 2.62. The predicted molar refractivity (Wildman–Crippen MR) is 108 cm³/mol. The normalized spacial score (nSPS) is 11.1. The largest absolute Gasteiger partial charge is 0.416 e. The van der Waals surface area contributed by atoms with E-state index in [0.717, 1.165) is 17.7 Å². The Hall–Kier alpha value is -2.28. The van der Waals surface area contributed by atoms with E-state index in [2.05, 4.69) is 27.5 Å². The quantitative estimate of drug-likeness (QED) is 0.222. The van der Waals surface area contributed by atoms with Crippen molar-refractivity contribution in [2.45, 2.75) is 12.7 Å². The summed E-state index contributed by atoms with van der Waals surface area (Å²) in [6, 6.07) is 10.9. The van der Waals surface area contributed by atoms with Crippen LogP contribution in [-0.2, 0) is 12.7 Å². The zero-order chi connectivity index (χ0) is 19.0. The van der Waals surface area contributed by atoms with Gasteiger partial charge >= 0.3 is 6.18 Å². The second-order valence-corrected chi connectivity index (χ2v) is 5.29. The highest BCUT2D eigenvalue weighted by atomic mass is 127. The smallest absolute Gasteiger partial charge is 0.352 e. The molecule has 0 aliphatic rings. The first kappa shape index (κ1) is 22.8. The van der Waals surface area contributed by atoms with E-state index in [9.17, 15) is 17.6 Å². The number of nitrogens with zero attached hydrogens (tertiary/aromatic N) is 1. The Morgan fingerprint density at radius 2 is 1.78 bits per heavy atom. The molecule has 0 aliphatic carbocycles. The Bertz CT molecular complexity index is 821. The van der Waals surface area contributed by atoms with Gasteiger partial charge in [-0.2, -0.15) is 13.2 Å². The zero-order valence-electron chi connectivity index (χ0n) is 14.4. The summed E-state index contributed by atoms with van der Waals surface area (Å²) >= 11 is 0. The van der Waals surface area contributed by atoms with E-state index in [4.69, 9.17) is 0 Å². The van der Waals surface area contributed by atoms with Crippen LogP contribution in [-0.4, -0.2) is 19.6 Å². The molecule has 0 spiro atoms. The number of aliphatic imine (C=N–C) groups is 1. The van der Waals surface area contributed by atoms with Crippen LogP contribution in [0.3, 0.4) is 0 Å². The van der Waals surface area contributed by atoms with E-state index in [0.29, 0.717) is 12.5 Å². The molecule has 8 heteroatoms. The lowest BCUT2D eigenvalue weighted by Gasteiger charge is -2.09. The Morgan fingerprint density at radius 1 is 1.07 bits per heavy atom. The fourth-order valence-electron chi connectivity index (χ4n) is 2.06. The van der Waals surface area contributed by atoms with Gasteiger partial charge in [0, 0.05) is 19.2 Å². The van der Waals surface area contributed by atoms with Crippen molar-refractivity contribution in [3.63, 3.8) is 0 Å². The van der Waals surface area contributed by atoms with Gasteiger partial charge in [0.15, 0.2) is 5.96 Å². The molecule has 0 bridgehead atoms. The molecule has 2 rings (SSSR count). The minimum absolute atomic E-state index is 0. The molecule has 2 N–H and O–H groups in total. The number of nitrogens with one attached hydrogen (secondary N) is 2. The molecule has 27 heavy (non-hydrogen) atoms. The first-order valence-corrected chi connectivity index (χ1v) is 7.73. The number of rotatable bonds is 3.